The smallest absolute Gasteiger partial charge is 0.418 e. The van der Waals surface area contributed by atoms with Gasteiger partial charge in [-0.3, -0.25) is 19.1 Å². The molecule has 1 fully saturated rings. The number of alkyl halides is 3. The number of fused-ring (bicyclic) bond motifs is 2. The molecule has 1 spiro atoms. The maximum Gasteiger partial charge on any atom is 0.418 e. The molecule has 2 aliphatic rings. The van der Waals surface area contributed by atoms with E-state index < -0.39 is 54.6 Å². The van der Waals surface area contributed by atoms with E-state index in [1.807, 2.05) is 6.07 Å². The summed E-state index contributed by atoms with van der Waals surface area (Å²) in [5, 5.41) is 4.23. The monoisotopic (exact) mass is 615 g/mol. The van der Waals surface area contributed by atoms with E-state index in [4.69, 9.17) is 4.74 Å². The molecule has 4 amide bonds. The van der Waals surface area contributed by atoms with Gasteiger partial charge in [0.25, 0.3) is 5.91 Å². The van der Waals surface area contributed by atoms with Crippen LogP contribution in [0.1, 0.15) is 30.0 Å². The zero-order valence-electron chi connectivity index (χ0n) is 24.1. The van der Waals surface area contributed by atoms with E-state index in [2.05, 4.69) is 5.10 Å². The Morgan fingerprint density at radius 1 is 1.05 bits per heavy atom. The van der Waals surface area contributed by atoms with Crippen LogP contribution in [0, 0.1) is 5.82 Å². The molecule has 0 saturated carbocycles. The second-order valence-corrected chi connectivity index (χ2v) is 11.0. The lowest BCUT2D eigenvalue weighted by atomic mass is 9.93. The van der Waals surface area contributed by atoms with E-state index in [1.54, 1.807) is 38.6 Å². The van der Waals surface area contributed by atoms with Gasteiger partial charge < -0.3 is 14.5 Å². The van der Waals surface area contributed by atoms with E-state index in [1.165, 1.54) is 21.7 Å². The van der Waals surface area contributed by atoms with Gasteiger partial charge in [-0.15, -0.1) is 0 Å². The van der Waals surface area contributed by atoms with E-state index in [0.717, 1.165) is 35.7 Å². The highest BCUT2D eigenvalue weighted by Crippen LogP contribution is 2.46. The lowest BCUT2D eigenvalue weighted by Crippen LogP contribution is -2.51. The average Bonchev–Trinajstić information content (AvgIpc) is 3.65. The highest BCUT2D eigenvalue weighted by molar-refractivity contribution is 6.06. The van der Waals surface area contributed by atoms with Crippen LogP contribution in [-0.2, 0) is 44.2 Å². The van der Waals surface area contributed by atoms with Crippen molar-refractivity contribution in [1.82, 2.24) is 24.5 Å². The zero-order valence-corrected chi connectivity index (χ0v) is 24.1. The van der Waals surface area contributed by atoms with Crippen LogP contribution in [0.5, 0.6) is 0 Å². The first-order chi connectivity index (χ1) is 20.7. The van der Waals surface area contributed by atoms with Gasteiger partial charge in [0.15, 0.2) is 0 Å². The molecule has 0 radical (unpaired) electrons. The van der Waals surface area contributed by atoms with E-state index in [-0.39, 0.29) is 24.4 Å². The SMILES string of the molecule is C[C@H](N(Cc1ccc(F)cc1)C(=O)CN1C(=O)O[C@@]2(CCc3cc(-c4cnn(CC(=O)N(C)C)c4)ccc32)C1=O)C(F)(F)F. The van der Waals surface area contributed by atoms with Crippen molar-refractivity contribution in [2.45, 2.75) is 50.7 Å². The number of aromatic nitrogens is 2. The molecule has 0 unspecified atom stereocenters. The molecule has 2 atom stereocenters. The number of hydrogen-bond acceptors (Lipinski definition) is 6. The normalized spacial score (nSPS) is 18.4. The summed E-state index contributed by atoms with van der Waals surface area (Å²) in [5.74, 6) is -2.69. The average molecular weight is 616 g/mol. The number of benzene rings is 2. The van der Waals surface area contributed by atoms with Gasteiger partial charge in [-0.05, 0) is 42.2 Å². The van der Waals surface area contributed by atoms with Crippen molar-refractivity contribution in [2.24, 2.45) is 0 Å². The minimum atomic E-state index is -4.80. The van der Waals surface area contributed by atoms with Crippen LogP contribution in [0.25, 0.3) is 11.1 Å². The predicted molar refractivity (Wildman–Crippen MR) is 147 cm³/mol. The molecule has 44 heavy (non-hydrogen) atoms. The number of imide groups is 1. The number of likely N-dealkylation sites (N-methyl/N-ethyl adjacent to an activating group) is 1. The lowest BCUT2D eigenvalue weighted by Gasteiger charge is -2.31. The van der Waals surface area contributed by atoms with Crippen LogP contribution >= 0.6 is 0 Å². The van der Waals surface area contributed by atoms with E-state index >= 15 is 0 Å². The molecule has 232 valence electrons. The van der Waals surface area contributed by atoms with Crippen molar-refractivity contribution < 1.29 is 41.5 Å². The Labute approximate surface area is 249 Å². The number of ether oxygens (including phenoxy) is 1. The Morgan fingerprint density at radius 3 is 2.41 bits per heavy atom. The molecule has 1 aliphatic heterocycles. The summed E-state index contributed by atoms with van der Waals surface area (Å²) in [5.41, 5.74) is 1.16. The van der Waals surface area contributed by atoms with Crippen molar-refractivity contribution in [1.29, 1.82) is 0 Å². The Hall–Kier alpha value is -4.75. The summed E-state index contributed by atoms with van der Waals surface area (Å²) in [6, 6.07) is 7.55. The van der Waals surface area contributed by atoms with E-state index in [9.17, 15) is 36.7 Å². The lowest BCUT2D eigenvalue weighted by molar-refractivity contribution is -0.187. The fraction of sp³-hybridized carbons (Fsp3) is 0.367. The molecule has 2 heterocycles. The fourth-order valence-electron chi connectivity index (χ4n) is 5.34. The van der Waals surface area contributed by atoms with Crippen LogP contribution < -0.4 is 0 Å². The molecule has 1 aromatic heterocycles. The molecule has 0 N–H and O–H groups in total. The molecule has 5 rings (SSSR count). The maximum absolute atomic E-state index is 13.7. The third-order valence-electron chi connectivity index (χ3n) is 7.94. The van der Waals surface area contributed by atoms with Gasteiger partial charge in [0, 0.05) is 44.4 Å². The Kier molecular flexibility index (Phi) is 7.95. The number of aryl methyl sites for hydroxylation is 1. The fourth-order valence-corrected chi connectivity index (χ4v) is 5.34. The molecule has 2 aromatic carbocycles. The van der Waals surface area contributed by atoms with Crippen LogP contribution in [0.15, 0.2) is 54.9 Å². The first-order valence-electron chi connectivity index (χ1n) is 13.7. The number of nitrogens with zero attached hydrogens (tertiary/aromatic N) is 5. The van der Waals surface area contributed by atoms with Gasteiger partial charge in [0.05, 0.1) is 6.20 Å². The number of carbonyl (C=O) groups excluding carboxylic acids is 4. The quantitative estimate of drug-likeness (QED) is 0.357. The van der Waals surface area contributed by atoms with Crippen LogP contribution in [-0.4, -0.2) is 81.2 Å². The first-order valence-corrected chi connectivity index (χ1v) is 13.7. The van der Waals surface area contributed by atoms with Gasteiger partial charge in [-0.2, -0.15) is 18.3 Å². The van der Waals surface area contributed by atoms with Gasteiger partial charge in [0.2, 0.25) is 17.4 Å². The summed E-state index contributed by atoms with van der Waals surface area (Å²) in [6.45, 7) is -0.627. The van der Waals surface area contributed by atoms with Gasteiger partial charge in [0.1, 0.15) is 24.9 Å². The third kappa shape index (κ3) is 5.75. The predicted octanol–water partition coefficient (Wildman–Crippen LogP) is 3.88. The van der Waals surface area contributed by atoms with Crippen LogP contribution in [0.2, 0.25) is 0 Å². The number of hydrogen-bond donors (Lipinski definition) is 0. The summed E-state index contributed by atoms with van der Waals surface area (Å²) >= 11 is 0. The zero-order chi connectivity index (χ0) is 32.0. The molecule has 10 nitrogen and oxygen atoms in total. The third-order valence-corrected chi connectivity index (χ3v) is 7.94. The summed E-state index contributed by atoms with van der Waals surface area (Å²) in [4.78, 5) is 54.3. The van der Waals surface area contributed by atoms with Gasteiger partial charge in [-0.1, -0.05) is 30.3 Å². The first kappa shape index (κ1) is 30.7. The summed E-state index contributed by atoms with van der Waals surface area (Å²) < 4.78 is 61.5. The van der Waals surface area contributed by atoms with Gasteiger partial charge >= 0.3 is 12.3 Å². The van der Waals surface area contributed by atoms with Crippen molar-refractivity contribution in [3.05, 3.63) is 77.4 Å². The van der Waals surface area contributed by atoms with Crippen molar-refractivity contribution in [3.63, 3.8) is 0 Å². The van der Waals surface area contributed by atoms with Crippen LogP contribution in [0.3, 0.4) is 0 Å². The molecule has 3 aromatic rings. The standard InChI is InChI=1S/C30H29F4N5O5/c1-18(30(32,33)34)38(14-19-4-7-23(31)8-5-19)26(41)17-39-27(42)29(44-28(39)43)11-10-21-12-20(6-9-24(21)29)22-13-35-37(15-22)16-25(40)36(2)3/h4-9,12-13,15,18H,10-11,14,16-17H2,1-3H3/t18-,29+/m0/s1. The van der Waals surface area contributed by atoms with Crippen molar-refractivity contribution in [3.8, 4) is 11.1 Å². The molecule has 1 saturated heterocycles. The number of carbonyl (C=O) groups is 4. The van der Waals surface area contributed by atoms with Crippen molar-refractivity contribution >= 4 is 23.8 Å². The second kappa shape index (κ2) is 11.4. The Bertz CT molecular complexity index is 1620. The topological polar surface area (TPSA) is 105 Å². The number of rotatable bonds is 8. The highest BCUT2D eigenvalue weighted by Gasteiger charge is 2.58. The summed E-state index contributed by atoms with van der Waals surface area (Å²) in [7, 11) is 3.29. The summed E-state index contributed by atoms with van der Waals surface area (Å²) in [6.07, 6.45) is -2.17. The van der Waals surface area contributed by atoms with Gasteiger partial charge in [-0.25, -0.2) is 14.1 Å². The van der Waals surface area contributed by atoms with E-state index in [0.29, 0.717) is 21.8 Å². The van der Waals surface area contributed by atoms with Crippen LogP contribution in [0.4, 0.5) is 22.4 Å². The molecule has 14 heteroatoms. The minimum Gasteiger partial charge on any atom is -0.427 e. The largest absolute Gasteiger partial charge is 0.427 e. The molecular weight excluding hydrogens is 586 g/mol. The number of halogens is 4. The van der Waals surface area contributed by atoms with Crippen molar-refractivity contribution in [2.75, 3.05) is 20.6 Å². The number of amides is 4. The molecular formula is C30H29F4N5O5. The Balaban J connectivity index is 1.35. The molecule has 1 aliphatic carbocycles. The minimum absolute atomic E-state index is 0.0587. The Morgan fingerprint density at radius 2 is 1.75 bits per heavy atom. The molecule has 0 bridgehead atoms. The highest BCUT2D eigenvalue weighted by atomic mass is 19.4. The maximum atomic E-state index is 13.7. The second-order valence-electron chi connectivity index (χ2n) is 11.0.